The van der Waals surface area contributed by atoms with E-state index in [9.17, 15) is 9.18 Å². The number of ether oxygens (including phenoxy) is 1. The van der Waals surface area contributed by atoms with Crippen molar-refractivity contribution in [1.82, 2.24) is 0 Å². The van der Waals surface area contributed by atoms with Crippen LogP contribution >= 0.6 is 0 Å². The first-order valence-corrected chi connectivity index (χ1v) is 7.10. The fourth-order valence-corrected chi connectivity index (χ4v) is 2.72. The molecule has 1 saturated carbocycles. The number of carbonyl (C=O) groups excluding carboxylic acids is 1. The zero-order valence-corrected chi connectivity index (χ0v) is 11.4. The second-order valence-corrected chi connectivity index (χ2v) is 5.28. The lowest BCUT2D eigenvalue weighted by atomic mass is 9.85. The first-order chi connectivity index (χ1) is 9.20. The Morgan fingerprint density at radius 1 is 1.37 bits per heavy atom. The highest BCUT2D eigenvalue weighted by Crippen LogP contribution is 2.28. The summed E-state index contributed by atoms with van der Waals surface area (Å²) in [6.07, 6.45) is 5.80. The highest BCUT2D eigenvalue weighted by Gasteiger charge is 2.22. The molecule has 0 spiro atoms. The molecular formula is C16H21FO2. The number of hydrogen-bond acceptors (Lipinski definition) is 2. The number of carbonyl (C=O) groups is 1. The van der Waals surface area contributed by atoms with E-state index in [1.807, 2.05) is 0 Å². The van der Waals surface area contributed by atoms with Crippen LogP contribution in [0.25, 0.3) is 0 Å². The maximum Gasteiger partial charge on any atom is 0.191 e. The van der Waals surface area contributed by atoms with Crippen LogP contribution in [-0.2, 0) is 4.74 Å². The van der Waals surface area contributed by atoms with Crippen LogP contribution in [0, 0.1) is 11.7 Å². The molecule has 0 amide bonds. The van der Waals surface area contributed by atoms with Crippen LogP contribution in [0.5, 0.6) is 0 Å². The molecular weight excluding hydrogens is 243 g/mol. The predicted molar refractivity (Wildman–Crippen MR) is 72.7 cm³/mol. The monoisotopic (exact) mass is 264 g/mol. The van der Waals surface area contributed by atoms with Crippen molar-refractivity contribution in [3.05, 3.63) is 35.6 Å². The van der Waals surface area contributed by atoms with E-state index in [0.29, 0.717) is 5.92 Å². The first kappa shape index (κ1) is 14.2. The van der Waals surface area contributed by atoms with E-state index in [4.69, 9.17) is 4.74 Å². The summed E-state index contributed by atoms with van der Waals surface area (Å²) in [5.74, 6) is -0.0229. The number of benzene rings is 1. The van der Waals surface area contributed by atoms with Gasteiger partial charge in [-0.25, -0.2) is 4.39 Å². The highest BCUT2D eigenvalue weighted by atomic mass is 19.1. The Balaban J connectivity index is 1.85. The molecule has 0 radical (unpaired) electrons. The standard InChI is InChI=1S/C16H21FO2/c1-2-12-6-5-7-13(10-12)19-11-16(18)14-8-3-4-9-15(14)17/h3-4,8-9,12-13H,2,5-7,10-11H2,1H3. The van der Waals surface area contributed by atoms with Gasteiger partial charge in [-0.05, 0) is 30.9 Å². The van der Waals surface area contributed by atoms with Crippen LogP contribution in [0.4, 0.5) is 4.39 Å². The second kappa shape index (κ2) is 6.80. The molecule has 19 heavy (non-hydrogen) atoms. The van der Waals surface area contributed by atoms with Gasteiger partial charge in [0.1, 0.15) is 12.4 Å². The molecule has 1 fully saturated rings. The van der Waals surface area contributed by atoms with Crippen molar-refractivity contribution >= 4 is 5.78 Å². The molecule has 0 N–H and O–H groups in total. The molecule has 1 aliphatic rings. The van der Waals surface area contributed by atoms with Gasteiger partial charge in [0.2, 0.25) is 0 Å². The molecule has 0 aromatic heterocycles. The van der Waals surface area contributed by atoms with Crippen molar-refractivity contribution < 1.29 is 13.9 Å². The minimum Gasteiger partial charge on any atom is -0.370 e. The number of Topliss-reactive ketones (excluding diaryl/α,β-unsaturated/α-hetero) is 1. The summed E-state index contributed by atoms with van der Waals surface area (Å²) in [5.41, 5.74) is 0.130. The van der Waals surface area contributed by atoms with E-state index in [1.165, 1.54) is 25.0 Å². The number of ketones is 1. The molecule has 2 unspecified atom stereocenters. The van der Waals surface area contributed by atoms with Crippen LogP contribution in [0.15, 0.2) is 24.3 Å². The number of hydrogen-bond donors (Lipinski definition) is 0. The van der Waals surface area contributed by atoms with Gasteiger partial charge >= 0.3 is 0 Å². The Kier molecular flexibility index (Phi) is 5.08. The summed E-state index contributed by atoms with van der Waals surface area (Å²) in [5, 5.41) is 0. The van der Waals surface area contributed by atoms with Crippen molar-refractivity contribution in [2.24, 2.45) is 5.92 Å². The quantitative estimate of drug-likeness (QED) is 0.751. The normalized spacial score (nSPS) is 23.3. The third kappa shape index (κ3) is 3.87. The molecule has 2 nitrogen and oxygen atoms in total. The second-order valence-electron chi connectivity index (χ2n) is 5.28. The zero-order valence-electron chi connectivity index (χ0n) is 11.4. The van der Waals surface area contributed by atoms with Gasteiger partial charge < -0.3 is 4.74 Å². The van der Waals surface area contributed by atoms with Gasteiger partial charge in [0, 0.05) is 0 Å². The fraction of sp³-hybridized carbons (Fsp3) is 0.562. The summed E-state index contributed by atoms with van der Waals surface area (Å²) in [6, 6.07) is 6.07. The van der Waals surface area contributed by atoms with Crippen molar-refractivity contribution in [2.75, 3.05) is 6.61 Å². The van der Waals surface area contributed by atoms with Crippen LogP contribution in [-0.4, -0.2) is 18.5 Å². The van der Waals surface area contributed by atoms with Gasteiger partial charge in [0.05, 0.1) is 11.7 Å². The smallest absolute Gasteiger partial charge is 0.191 e. The third-order valence-electron chi connectivity index (χ3n) is 3.94. The Morgan fingerprint density at radius 3 is 2.89 bits per heavy atom. The van der Waals surface area contributed by atoms with Crippen LogP contribution < -0.4 is 0 Å². The molecule has 104 valence electrons. The van der Waals surface area contributed by atoms with Crippen molar-refractivity contribution in [2.45, 2.75) is 45.1 Å². The average Bonchev–Trinajstić information content (AvgIpc) is 2.45. The van der Waals surface area contributed by atoms with E-state index in [-0.39, 0.29) is 24.1 Å². The molecule has 2 rings (SSSR count). The highest BCUT2D eigenvalue weighted by molar-refractivity contribution is 5.97. The topological polar surface area (TPSA) is 26.3 Å². The molecule has 1 aromatic rings. The molecule has 0 aliphatic heterocycles. The number of rotatable bonds is 5. The molecule has 3 heteroatoms. The van der Waals surface area contributed by atoms with Crippen LogP contribution in [0.2, 0.25) is 0 Å². The zero-order chi connectivity index (χ0) is 13.7. The van der Waals surface area contributed by atoms with E-state index < -0.39 is 5.82 Å². The first-order valence-electron chi connectivity index (χ1n) is 7.10. The Labute approximate surface area is 114 Å². The largest absolute Gasteiger partial charge is 0.370 e. The van der Waals surface area contributed by atoms with Crippen LogP contribution in [0.1, 0.15) is 49.4 Å². The molecule has 0 saturated heterocycles. The number of halogens is 1. The van der Waals surface area contributed by atoms with Gasteiger partial charge in [-0.1, -0.05) is 38.3 Å². The molecule has 2 atom stereocenters. The summed E-state index contributed by atoms with van der Waals surface area (Å²) < 4.78 is 19.1. The molecule has 1 aliphatic carbocycles. The van der Waals surface area contributed by atoms with E-state index in [0.717, 1.165) is 19.3 Å². The summed E-state index contributed by atoms with van der Waals surface area (Å²) in [6.45, 7) is 2.18. The van der Waals surface area contributed by atoms with Crippen molar-refractivity contribution in [1.29, 1.82) is 0 Å². The lowest BCUT2D eigenvalue weighted by Gasteiger charge is -2.28. The van der Waals surface area contributed by atoms with Crippen molar-refractivity contribution in [3.63, 3.8) is 0 Å². The Hall–Kier alpha value is -1.22. The molecule has 0 heterocycles. The molecule has 1 aromatic carbocycles. The van der Waals surface area contributed by atoms with E-state index in [1.54, 1.807) is 12.1 Å². The maximum atomic E-state index is 13.4. The Bertz CT molecular complexity index is 431. The summed E-state index contributed by atoms with van der Waals surface area (Å²) in [4.78, 5) is 11.9. The predicted octanol–water partition coefficient (Wildman–Crippen LogP) is 3.99. The van der Waals surface area contributed by atoms with Gasteiger partial charge in [0.15, 0.2) is 5.78 Å². The van der Waals surface area contributed by atoms with Gasteiger partial charge in [0.25, 0.3) is 0 Å². The van der Waals surface area contributed by atoms with Gasteiger partial charge in [-0.3, -0.25) is 4.79 Å². The van der Waals surface area contributed by atoms with Crippen molar-refractivity contribution in [3.8, 4) is 0 Å². The summed E-state index contributed by atoms with van der Waals surface area (Å²) >= 11 is 0. The van der Waals surface area contributed by atoms with Gasteiger partial charge in [-0.15, -0.1) is 0 Å². The molecule has 0 bridgehead atoms. The SMILES string of the molecule is CCC1CCCC(OCC(=O)c2ccccc2F)C1. The average molecular weight is 264 g/mol. The summed E-state index contributed by atoms with van der Waals surface area (Å²) in [7, 11) is 0. The maximum absolute atomic E-state index is 13.4. The third-order valence-corrected chi connectivity index (χ3v) is 3.94. The van der Waals surface area contributed by atoms with Crippen LogP contribution in [0.3, 0.4) is 0 Å². The minimum atomic E-state index is -0.467. The fourth-order valence-electron chi connectivity index (χ4n) is 2.72. The van der Waals surface area contributed by atoms with Gasteiger partial charge in [-0.2, -0.15) is 0 Å². The van der Waals surface area contributed by atoms with E-state index in [2.05, 4.69) is 6.92 Å². The Morgan fingerprint density at radius 2 is 2.16 bits per heavy atom. The lowest BCUT2D eigenvalue weighted by molar-refractivity contribution is 0.0155. The minimum absolute atomic E-state index is 0.0119. The van der Waals surface area contributed by atoms with E-state index >= 15 is 0 Å². The lowest BCUT2D eigenvalue weighted by Crippen LogP contribution is -2.25.